The predicted octanol–water partition coefficient (Wildman–Crippen LogP) is 5.04. The summed E-state index contributed by atoms with van der Waals surface area (Å²) in [6, 6.07) is 8.03. The summed E-state index contributed by atoms with van der Waals surface area (Å²) in [5, 5.41) is 2.02. The minimum absolute atomic E-state index is 0.0453. The molecule has 0 heterocycles. The van der Waals surface area contributed by atoms with Crippen LogP contribution in [-0.4, -0.2) is 13.0 Å². The molecule has 0 saturated carbocycles. The Morgan fingerprint density at radius 3 is 2.41 bits per heavy atom. The molecule has 0 saturated heterocycles. The van der Waals surface area contributed by atoms with Crippen molar-refractivity contribution in [3.63, 3.8) is 0 Å². The van der Waals surface area contributed by atoms with Crippen molar-refractivity contribution in [1.29, 1.82) is 0 Å². The Bertz CT molecular complexity index is 729. The van der Waals surface area contributed by atoms with Gasteiger partial charge >= 0.3 is 6.18 Å². The molecule has 0 radical (unpaired) electrons. The minimum atomic E-state index is -4.59. The number of amides is 1. The highest BCUT2D eigenvalue weighted by molar-refractivity contribution is 6.39. The lowest BCUT2D eigenvalue weighted by molar-refractivity contribution is -0.137. The maximum Gasteiger partial charge on any atom is 0.417 e. The zero-order valence-electron chi connectivity index (χ0n) is 11.3. The topological polar surface area (TPSA) is 29.1 Å². The van der Waals surface area contributed by atoms with Gasteiger partial charge in [0.1, 0.15) is 0 Å². The van der Waals surface area contributed by atoms with Gasteiger partial charge in [-0.3, -0.25) is 4.79 Å². The molecule has 0 atom stereocenters. The molecule has 0 aliphatic carbocycles. The Morgan fingerprint density at radius 1 is 1.14 bits per heavy atom. The van der Waals surface area contributed by atoms with Crippen LogP contribution in [0.4, 0.5) is 13.2 Å². The number of halogens is 5. The van der Waals surface area contributed by atoms with E-state index in [1.165, 1.54) is 19.2 Å². The molecule has 1 N–H and O–H groups in total. The van der Waals surface area contributed by atoms with Crippen molar-refractivity contribution in [2.24, 2.45) is 0 Å². The maximum atomic E-state index is 12.9. The molecule has 0 fully saturated rings. The van der Waals surface area contributed by atoms with Gasteiger partial charge in [0.05, 0.1) is 10.6 Å². The number of carbonyl (C=O) groups is 1. The molecule has 1 amide bonds. The lowest BCUT2D eigenvalue weighted by Gasteiger charge is -2.14. The van der Waals surface area contributed by atoms with Gasteiger partial charge in [-0.2, -0.15) is 13.2 Å². The second-order valence-electron chi connectivity index (χ2n) is 4.44. The third kappa shape index (κ3) is 3.20. The van der Waals surface area contributed by atoms with Gasteiger partial charge in [0.15, 0.2) is 0 Å². The first-order valence-electron chi connectivity index (χ1n) is 6.13. The molecule has 0 aliphatic rings. The zero-order chi connectivity index (χ0) is 16.5. The Morgan fingerprint density at radius 2 is 1.82 bits per heavy atom. The number of hydrogen-bond acceptors (Lipinski definition) is 1. The van der Waals surface area contributed by atoms with Crippen molar-refractivity contribution in [2.45, 2.75) is 6.18 Å². The lowest BCUT2D eigenvalue weighted by Crippen LogP contribution is -2.17. The fraction of sp³-hybridized carbons (Fsp3) is 0.133. The number of rotatable bonds is 2. The smallest absolute Gasteiger partial charge is 0.355 e. The van der Waals surface area contributed by atoms with E-state index in [0.29, 0.717) is 11.1 Å². The van der Waals surface area contributed by atoms with Gasteiger partial charge in [-0.25, -0.2) is 0 Å². The Kier molecular flexibility index (Phi) is 4.68. The summed E-state index contributed by atoms with van der Waals surface area (Å²) in [5.41, 5.74) is -0.297. The number of hydrogen-bond donors (Lipinski definition) is 1. The van der Waals surface area contributed by atoms with Crippen molar-refractivity contribution in [3.05, 3.63) is 57.6 Å². The van der Waals surface area contributed by atoms with Crippen LogP contribution in [0.25, 0.3) is 11.1 Å². The lowest BCUT2D eigenvalue weighted by atomic mass is 10.00. The molecule has 2 aromatic carbocycles. The Labute approximate surface area is 134 Å². The van der Waals surface area contributed by atoms with E-state index in [4.69, 9.17) is 23.2 Å². The summed E-state index contributed by atoms with van der Waals surface area (Å²) in [5.74, 6) is -0.360. The van der Waals surface area contributed by atoms with Crippen LogP contribution in [-0.2, 0) is 6.18 Å². The fourth-order valence-corrected chi connectivity index (χ4v) is 2.69. The number of carbonyl (C=O) groups excluding carboxylic acids is 1. The van der Waals surface area contributed by atoms with Crippen molar-refractivity contribution in [1.82, 2.24) is 5.32 Å². The Hall–Kier alpha value is -1.72. The van der Waals surface area contributed by atoms with Gasteiger partial charge in [0.25, 0.3) is 5.91 Å². The van der Waals surface area contributed by atoms with Gasteiger partial charge < -0.3 is 5.32 Å². The van der Waals surface area contributed by atoms with E-state index >= 15 is 0 Å². The number of alkyl halides is 3. The van der Waals surface area contributed by atoms with E-state index in [2.05, 4.69) is 5.32 Å². The molecule has 0 spiro atoms. The van der Waals surface area contributed by atoms with Crippen molar-refractivity contribution >= 4 is 29.1 Å². The second kappa shape index (κ2) is 6.18. The monoisotopic (exact) mass is 347 g/mol. The molecule has 7 heteroatoms. The van der Waals surface area contributed by atoms with E-state index in [0.717, 1.165) is 12.1 Å². The van der Waals surface area contributed by atoms with Crippen LogP contribution in [0.3, 0.4) is 0 Å². The van der Waals surface area contributed by atoms with Crippen molar-refractivity contribution in [3.8, 4) is 11.1 Å². The quantitative estimate of drug-likeness (QED) is 0.810. The number of benzene rings is 2. The van der Waals surface area contributed by atoms with Crippen LogP contribution < -0.4 is 5.32 Å². The molecule has 0 unspecified atom stereocenters. The summed E-state index contributed by atoms with van der Waals surface area (Å²) >= 11 is 11.9. The first kappa shape index (κ1) is 16.6. The average Bonchev–Trinajstić information content (AvgIpc) is 2.45. The molecule has 2 aromatic rings. The zero-order valence-corrected chi connectivity index (χ0v) is 12.8. The molecule has 2 rings (SSSR count). The maximum absolute atomic E-state index is 12.9. The largest absolute Gasteiger partial charge is 0.417 e. The van der Waals surface area contributed by atoms with Crippen LogP contribution >= 0.6 is 23.2 Å². The number of nitrogens with one attached hydrogen (secondary N) is 1. The third-order valence-electron chi connectivity index (χ3n) is 3.04. The molecule has 0 aromatic heterocycles. The summed E-state index contributed by atoms with van der Waals surface area (Å²) < 4.78 is 38.8. The van der Waals surface area contributed by atoms with E-state index in [-0.39, 0.29) is 16.5 Å². The highest BCUT2D eigenvalue weighted by Crippen LogP contribution is 2.43. The summed E-state index contributed by atoms with van der Waals surface area (Å²) in [7, 11) is 1.46. The summed E-state index contributed by atoms with van der Waals surface area (Å²) in [6.07, 6.45) is -4.59. The first-order valence-corrected chi connectivity index (χ1v) is 6.89. The van der Waals surface area contributed by atoms with Gasteiger partial charge in [-0.05, 0) is 29.8 Å². The minimum Gasteiger partial charge on any atom is -0.355 e. The molecule has 22 heavy (non-hydrogen) atoms. The van der Waals surface area contributed by atoms with Gasteiger partial charge in [0.2, 0.25) is 0 Å². The van der Waals surface area contributed by atoms with Crippen LogP contribution in [0, 0.1) is 0 Å². The van der Waals surface area contributed by atoms with Gasteiger partial charge in [-0.1, -0.05) is 35.3 Å². The molecular formula is C15H10Cl2F3NO. The van der Waals surface area contributed by atoms with Crippen LogP contribution in [0.5, 0.6) is 0 Å². The van der Waals surface area contributed by atoms with E-state index < -0.39 is 16.8 Å². The highest BCUT2D eigenvalue weighted by atomic mass is 35.5. The van der Waals surface area contributed by atoms with E-state index in [1.54, 1.807) is 12.1 Å². The van der Waals surface area contributed by atoms with Crippen molar-refractivity contribution in [2.75, 3.05) is 7.05 Å². The third-order valence-corrected chi connectivity index (χ3v) is 3.74. The molecule has 0 aliphatic heterocycles. The standard InChI is InChI=1S/C15H10Cl2F3NO/c1-21-14(22)9-4-2-3-8(7-9)12-11(16)6-5-10(13(12)17)15(18,19)20/h2-7H,1H3,(H,21,22). The Balaban J connectivity index is 2.65. The van der Waals surface area contributed by atoms with Gasteiger partial charge in [0, 0.05) is 23.2 Å². The first-order chi connectivity index (χ1) is 10.3. The van der Waals surface area contributed by atoms with E-state index in [1.807, 2.05) is 0 Å². The molecule has 0 bridgehead atoms. The van der Waals surface area contributed by atoms with Gasteiger partial charge in [-0.15, -0.1) is 0 Å². The summed E-state index contributed by atoms with van der Waals surface area (Å²) in [4.78, 5) is 11.6. The molecular weight excluding hydrogens is 338 g/mol. The SMILES string of the molecule is CNC(=O)c1cccc(-c2c(Cl)ccc(C(F)(F)F)c2Cl)c1. The normalized spacial score (nSPS) is 11.4. The van der Waals surface area contributed by atoms with Crippen LogP contribution in [0.15, 0.2) is 36.4 Å². The highest BCUT2D eigenvalue weighted by Gasteiger charge is 2.34. The van der Waals surface area contributed by atoms with Crippen LogP contribution in [0.2, 0.25) is 10.0 Å². The molecule has 2 nitrogen and oxygen atoms in total. The fourth-order valence-electron chi connectivity index (χ4n) is 2.00. The van der Waals surface area contributed by atoms with Crippen LogP contribution in [0.1, 0.15) is 15.9 Å². The van der Waals surface area contributed by atoms with Crippen molar-refractivity contribution < 1.29 is 18.0 Å². The average molecular weight is 348 g/mol. The molecule has 116 valence electrons. The summed E-state index contributed by atoms with van der Waals surface area (Å²) in [6.45, 7) is 0. The second-order valence-corrected chi connectivity index (χ2v) is 5.23. The van der Waals surface area contributed by atoms with E-state index in [9.17, 15) is 18.0 Å². The predicted molar refractivity (Wildman–Crippen MR) is 80.3 cm³/mol.